The predicted molar refractivity (Wildman–Crippen MR) is 121 cm³/mol. The summed E-state index contributed by atoms with van der Waals surface area (Å²) in [5, 5.41) is 9.24. The summed E-state index contributed by atoms with van der Waals surface area (Å²) in [7, 11) is 0. The van der Waals surface area contributed by atoms with Crippen LogP contribution < -0.4 is 16.0 Å². The number of likely N-dealkylation sites (tertiary alicyclic amines) is 1. The second-order valence-electron chi connectivity index (χ2n) is 7.65. The fourth-order valence-electron chi connectivity index (χ4n) is 3.57. The van der Waals surface area contributed by atoms with E-state index in [-0.39, 0.29) is 23.9 Å². The molecule has 0 bridgehead atoms. The van der Waals surface area contributed by atoms with Gasteiger partial charge in [-0.3, -0.25) is 9.59 Å². The number of urea groups is 1. The number of anilines is 1. The highest BCUT2D eigenvalue weighted by Crippen LogP contribution is 2.16. The Kier molecular flexibility index (Phi) is 7.89. The van der Waals surface area contributed by atoms with Crippen molar-refractivity contribution in [1.82, 2.24) is 15.5 Å². The normalized spacial score (nSPS) is 15.1. The van der Waals surface area contributed by atoms with Gasteiger partial charge in [0.05, 0.1) is 0 Å². The molecule has 0 spiro atoms. The van der Waals surface area contributed by atoms with Gasteiger partial charge in [-0.2, -0.15) is 0 Å². The molecule has 2 aromatic carbocycles. The fourth-order valence-corrected chi connectivity index (χ4v) is 3.69. The van der Waals surface area contributed by atoms with Crippen LogP contribution in [0.25, 0.3) is 0 Å². The molecule has 0 unspecified atom stereocenters. The first-order valence-corrected chi connectivity index (χ1v) is 10.7. The van der Waals surface area contributed by atoms with Crippen LogP contribution in [0.1, 0.15) is 25.3 Å². The molecule has 1 aliphatic rings. The van der Waals surface area contributed by atoms with Crippen molar-refractivity contribution >= 4 is 35.1 Å². The molecule has 8 heteroatoms. The second-order valence-corrected chi connectivity index (χ2v) is 8.09. The fraction of sp³-hybridized carbons (Fsp3) is 0.348. The van der Waals surface area contributed by atoms with Crippen LogP contribution in [0, 0.1) is 0 Å². The number of carbonyl (C=O) groups excluding carboxylic acids is 3. The van der Waals surface area contributed by atoms with Crippen molar-refractivity contribution in [2.45, 2.75) is 38.3 Å². The van der Waals surface area contributed by atoms with Crippen LogP contribution in [0.4, 0.5) is 10.5 Å². The van der Waals surface area contributed by atoms with Crippen molar-refractivity contribution < 1.29 is 14.4 Å². The first-order valence-electron chi connectivity index (χ1n) is 10.3. The van der Waals surface area contributed by atoms with Crippen LogP contribution in [0.5, 0.6) is 0 Å². The lowest BCUT2D eigenvalue weighted by Gasteiger charge is -2.33. The van der Waals surface area contributed by atoms with E-state index in [4.69, 9.17) is 11.6 Å². The van der Waals surface area contributed by atoms with Crippen LogP contribution in [0.3, 0.4) is 0 Å². The molecule has 3 rings (SSSR count). The van der Waals surface area contributed by atoms with Crippen LogP contribution >= 0.6 is 11.6 Å². The zero-order valence-electron chi connectivity index (χ0n) is 17.4. The molecule has 1 heterocycles. The molecule has 31 heavy (non-hydrogen) atoms. The molecule has 2 aromatic rings. The summed E-state index contributed by atoms with van der Waals surface area (Å²) in [6, 6.07) is 15.7. The summed E-state index contributed by atoms with van der Waals surface area (Å²) in [5.74, 6) is -0.451. The van der Waals surface area contributed by atoms with Crippen molar-refractivity contribution in [1.29, 1.82) is 0 Å². The van der Waals surface area contributed by atoms with Gasteiger partial charge in [-0.05, 0) is 42.7 Å². The third-order valence-corrected chi connectivity index (χ3v) is 5.45. The number of carbonyl (C=O) groups is 3. The molecule has 1 fully saturated rings. The van der Waals surface area contributed by atoms with E-state index >= 15 is 0 Å². The first-order chi connectivity index (χ1) is 14.9. The Bertz CT molecular complexity index is 897. The Morgan fingerprint density at radius 2 is 1.68 bits per heavy atom. The monoisotopic (exact) mass is 442 g/mol. The summed E-state index contributed by atoms with van der Waals surface area (Å²) < 4.78 is 0. The molecule has 7 nitrogen and oxygen atoms in total. The number of piperidine rings is 1. The average molecular weight is 443 g/mol. The van der Waals surface area contributed by atoms with Gasteiger partial charge in [-0.15, -0.1) is 0 Å². The van der Waals surface area contributed by atoms with Crippen molar-refractivity contribution in [3.63, 3.8) is 0 Å². The topological polar surface area (TPSA) is 90.5 Å². The Morgan fingerprint density at radius 3 is 2.29 bits per heavy atom. The number of hydrogen-bond donors (Lipinski definition) is 3. The predicted octanol–water partition coefficient (Wildman–Crippen LogP) is 3.20. The first kappa shape index (κ1) is 22.6. The van der Waals surface area contributed by atoms with E-state index in [1.165, 1.54) is 6.92 Å². The number of nitrogens with zero attached hydrogens (tertiary/aromatic N) is 1. The lowest BCUT2D eigenvalue weighted by Crippen LogP contribution is -2.53. The quantitative estimate of drug-likeness (QED) is 0.641. The average Bonchev–Trinajstić information content (AvgIpc) is 2.76. The largest absolute Gasteiger partial charge is 0.351 e. The minimum absolute atomic E-state index is 0.0425. The molecule has 1 aliphatic heterocycles. The third kappa shape index (κ3) is 7.00. The number of rotatable bonds is 6. The van der Waals surface area contributed by atoms with Gasteiger partial charge in [0.1, 0.15) is 6.04 Å². The van der Waals surface area contributed by atoms with E-state index in [1.807, 2.05) is 30.3 Å². The molecule has 0 radical (unpaired) electrons. The number of halogens is 1. The van der Waals surface area contributed by atoms with Gasteiger partial charge in [0, 0.05) is 43.2 Å². The van der Waals surface area contributed by atoms with E-state index in [9.17, 15) is 14.4 Å². The minimum Gasteiger partial charge on any atom is -0.351 e. The molecule has 4 amide bonds. The highest BCUT2D eigenvalue weighted by atomic mass is 35.5. The zero-order valence-corrected chi connectivity index (χ0v) is 18.2. The molecule has 1 atom stereocenters. The van der Waals surface area contributed by atoms with E-state index in [0.29, 0.717) is 43.1 Å². The molecule has 0 saturated carbocycles. The molecular weight excluding hydrogens is 416 g/mol. The van der Waals surface area contributed by atoms with Gasteiger partial charge >= 0.3 is 6.03 Å². The molecule has 0 aromatic heterocycles. The Hall–Kier alpha value is -3.06. The van der Waals surface area contributed by atoms with Gasteiger partial charge in [0.25, 0.3) is 0 Å². The van der Waals surface area contributed by atoms with Crippen LogP contribution in [0.2, 0.25) is 5.02 Å². The van der Waals surface area contributed by atoms with Crippen LogP contribution in [-0.4, -0.2) is 47.9 Å². The molecule has 0 aliphatic carbocycles. The summed E-state index contributed by atoms with van der Waals surface area (Å²) in [4.78, 5) is 38.6. The van der Waals surface area contributed by atoms with Gasteiger partial charge in [-0.1, -0.05) is 41.9 Å². The lowest BCUT2D eigenvalue weighted by molar-refractivity contribution is -0.128. The standard InChI is InChI=1S/C23H27ClN4O3/c1-16(29)25-21(15-17-5-3-2-4-6-17)22(30)26-20-11-13-28(14-12-20)23(31)27-19-9-7-18(24)8-10-19/h2-10,20-21H,11-15H2,1H3,(H,25,29)(H,26,30)(H,27,31)/t21-/m0/s1. The zero-order chi connectivity index (χ0) is 22.2. The van der Waals surface area contributed by atoms with Crippen molar-refractivity contribution in [3.05, 3.63) is 65.2 Å². The van der Waals surface area contributed by atoms with Crippen molar-refractivity contribution in [2.24, 2.45) is 0 Å². The summed E-state index contributed by atoms with van der Waals surface area (Å²) in [6.07, 6.45) is 1.73. The summed E-state index contributed by atoms with van der Waals surface area (Å²) >= 11 is 5.87. The SMILES string of the molecule is CC(=O)N[C@@H](Cc1ccccc1)C(=O)NC1CCN(C(=O)Nc2ccc(Cl)cc2)CC1. The Labute approximate surface area is 187 Å². The van der Waals surface area contributed by atoms with Crippen LogP contribution in [0.15, 0.2) is 54.6 Å². The summed E-state index contributed by atoms with van der Waals surface area (Å²) in [6.45, 7) is 2.48. The number of benzene rings is 2. The molecule has 3 N–H and O–H groups in total. The van der Waals surface area contributed by atoms with E-state index in [1.54, 1.807) is 29.2 Å². The molecular formula is C23H27ClN4O3. The number of amides is 4. The smallest absolute Gasteiger partial charge is 0.321 e. The molecule has 1 saturated heterocycles. The van der Waals surface area contributed by atoms with Gasteiger partial charge in [-0.25, -0.2) is 4.79 Å². The third-order valence-electron chi connectivity index (χ3n) is 5.20. The summed E-state index contributed by atoms with van der Waals surface area (Å²) in [5.41, 5.74) is 1.66. The van der Waals surface area contributed by atoms with Gasteiger partial charge in [0.2, 0.25) is 11.8 Å². The Balaban J connectivity index is 1.50. The Morgan fingerprint density at radius 1 is 1.03 bits per heavy atom. The highest BCUT2D eigenvalue weighted by Gasteiger charge is 2.27. The van der Waals surface area contributed by atoms with E-state index in [0.717, 1.165) is 5.56 Å². The maximum atomic E-state index is 12.8. The lowest BCUT2D eigenvalue weighted by atomic mass is 10.0. The van der Waals surface area contributed by atoms with Crippen LogP contribution in [-0.2, 0) is 16.0 Å². The minimum atomic E-state index is -0.633. The van der Waals surface area contributed by atoms with Gasteiger partial charge in [0.15, 0.2) is 0 Å². The van der Waals surface area contributed by atoms with Crippen molar-refractivity contribution in [2.75, 3.05) is 18.4 Å². The number of nitrogens with one attached hydrogen (secondary N) is 3. The van der Waals surface area contributed by atoms with Crippen molar-refractivity contribution in [3.8, 4) is 0 Å². The molecule has 164 valence electrons. The van der Waals surface area contributed by atoms with E-state index < -0.39 is 6.04 Å². The van der Waals surface area contributed by atoms with Gasteiger partial charge < -0.3 is 20.9 Å². The number of hydrogen-bond acceptors (Lipinski definition) is 3. The second kappa shape index (κ2) is 10.8. The highest BCUT2D eigenvalue weighted by molar-refractivity contribution is 6.30. The van der Waals surface area contributed by atoms with E-state index in [2.05, 4.69) is 16.0 Å². The maximum absolute atomic E-state index is 12.8. The maximum Gasteiger partial charge on any atom is 0.321 e.